The van der Waals surface area contributed by atoms with Gasteiger partial charge >= 0.3 is 12.7 Å². The minimum Gasteiger partial charge on any atom is -0.669 e. The number of rotatable bonds is 8. The Morgan fingerprint density at radius 3 is 2.51 bits per heavy atom. The Hall–Kier alpha value is -2.34. The monoisotopic (exact) mass is 489 g/mol. The molecule has 7 N–H and O–H groups in total. The third kappa shape index (κ3) is 4.74. The topological polar surface area (TPSA) is 156 Å². The average molecular weight is 489 g/mol. The van der Waals surface area contributed by atoms with Crippen LogP contribution in [-0.4, -0.2) is 77.0 Å². The minimum atomic E-state index is -3.11. The zero-order valence-corrected chi connectivity index (χ0v) is 20.0. The van der Waals surface area contributed by atoms with Crippen LogP contribution in [0.3, 0.4) is 0 Å². The van der Waals surface area contributed by atoms with Crippen LogP contribution in [0.15, 0.2) is 12.1 Å². The number of carbonyl (C=O) groups excluding carboxylic acids is 1. The molecule has 1 aromatic rings. The second kappa shape index (κ2) is 9.61. The number of ether oxygens (including phenoxy) is 1. The van der Waals surface area contributed by atoms with Crippen LogP contribution < -0.4 is 20.4 Å². The number of hydrogen-bond acceptors (Lipinski definition) is 7. The molecule has 2 aliphatic heterocycles. The van der Waals surface area contributed by atoms with E-state index in [0.29, 0.717) is 43.5 Å². The lowest BCUT2D eigenvalue weighted by molar-refractivity contribution is -0.365. The van der Waals surface area contributed by atoms with Crippen molar-refractivity contribution >= 4 is 18.6 Å². The van der Waals surface area contributed by atoms with E-state index in [-0.39, 0.29) is 35.0 Å². The molecule has 5 rings (SSSR count). The standard InChI is InChI=1S/C24H35BN3O7/c26-9-10-27-15-3-1-14(2-4-15)11-21(29)28-12-16(13-28)34-20-8-6-18-17-5-7-19(17)25(32,33)35-23(18)22(20)24(30)31/h6,8,14-17,19,27,32-33H,1-5,7,9-13,26H2,(H,30,31)/q-1/p+1/t14?,15?,17-,19-/m1/s1. The fourth-order valence-electron chi connectivity index (χ4n) is 6.14. The molecule has 0 unspecified atom stereocenters. The predicted molar refractivity (Wildman–Crippen MR) is 127 cm³/mol. The zero-order chi connectivity index (χ0) is 24.7. The molecule has 10 nitrogen and oxygen atoms in total. The van der Waals surface area contributed by atoms with Crippen molar-refractivity contribution in [3.05, 3.63) is 23.3 Å². The molecule has 0 radical (unpaired) electrons. The van der Waals surface area contributed by atoms with Gasteiger partial charge in [0.1, 0.15) is 17.4 Å². The number of benzene rings is 1. The molecule has 35 heavy (non-hydrogen) atoms. The van der Waals surface area contributed by atoms with Gasteiger partial charge in [0.2, 0.25) is 5.91 Å². The minimum absolute atomic E-state index is 0.00602. The van der Waals surface area contributed by atoms with E-state index >= 15 is 0 Å². The number of aromatic carboxylic acids is 1. The molecular formula is C24H36BN3O7. The normalized spacial score (nSPS) is 29.2. The van der Waals surface area contributed by atoms with Crippen LogP contribution in [0.4, 0.5) is 0 Å². The first-order valence-electron chi connectivity index (χ1n) is 12.9. The highest BCUT2D eigenvalue weighted by Crippen LogP contribution is 2.58. The maximum Gasteiger partial charge on any atom is 0.434 e. The van der Waals surface area contributed by atoms with E-state index in [1.807, 2.05) is 0 Å². The van der Waals surface area contributed by atoms with Gasteiger partial charge in [0.05, 0.1) is 25.4 Å². The van der Waals surface area contributed by atoms with Gasteiger partial charge in [-0.1, -0.05) is 24.7 Å². The van der Waals surface area contributed by atoms with E-state index in [2.05, 4.69) is 11.1 Å². The molecule has 3 fully saturated rings. The molecule has 0 bridgehead atoms. The quantitative estimate of drug-likeness (QED) is 0.327. The molecule has 1 aromatic carbocycles. The van der Waals surface area contributed by atoms with E-state index in [9.17, 15) is 24.7 Å². The van der Waals surface area contributed by atoms with Gasteiger partial charge in [-0.25, -0.2) is 4.79 Å². The van der Waals surface area contributed by atoms with Crippen molar-refractivity contribution in [1.29, 1.82) is 0 Å². The summed E-state index contributed by atoms with van der Waals surface area (Å²) >= 11 is 0. The summed E-state index contributed by atoms with van der Waals surface area (Å²) in [6.45, 7) is -0.467. The highest BCUT2D eigenvalue weighted by atomic mass is 16.6. The maximum absolute atomic E-state index is 12.7. The summed E-state index contributed by atoms with van der Waals surface area (Å²) < 4.78 is 11.4. The van der Waals surface area contributed by atoms with Gasteiger partial charge < -0.3 is 40.5 Å². The molecule has 2 heterocycles. The molecule has 4 aliphatic rings. The average Bonchev–Trinajstić information content (AvgIpc) is 2.74. The number of hydrogen-bond donors (Lipinski definition) is 5. The lowest BCUT2D eigenvalue weighted by Crippen LogP contribution is -2.57. The summed E-state index contributed by atoms with van der Waals surface area (Å²) in [6, 6.07) is 3.93. The number of nitrogens with zero attached hydrogens (tertiary/aromatic N) is 1. The van der Waals surface area contributed by atoms with Crippen molar-refractivity contribution in [3.8, 4) is 11.5 Å². The number of carboxylic acid groups (broad SMARTS) is 1. The van der Waals surface area contributed by atoms with Gasteiger partial charge in [-0.2, -0.15) is 0 Å². The summed E-state index contributed by atoms with van der Waals surface area (Å²) in [4.78, 5) is 26.6. The largest absolute Gasteiger partial charge is 0.669 e. The van der Waals surface area contributed by atoms with Crippen molar-refractivity contribution in [1.82, 2.24) is 10.2 Å². The number of amides is 1. The first kappa shape index (κ1) is 24.4. The number of likely N-dealkylation sites (tertiary alicyclic amines) is 1. The Labute approximate surface area is 204 Å². The fraction of sp³-hybridized carbons (Fsp3) is 0.667. The van der Waals surface area contributed by atoms with Crippen molar-refractivity contribution in [2.45, 2.75) is 68.8 Å². The second-order valence-electron chi connectivity index (χ2n) is 10.7. The third-order valence-corrected chi connectivity index (χ3v) is 8.35. The van der Waals surface area contributed by atoms with E-state index < -0.39 is 18.5 Å². The zero-order valence-electron chi connectivity index (χ0n) is 20.0. The van der Waals surface area contributed by atoms with Gasteiger partial charge in [-0.3, -0.25) is 4.79 Å². The highest BCUT2D eigenvalue weighted by molar-refractivity contribution is 6.61. The maximum atomic E-state index is 12.7. The number of carboxylic acids is 1. The Morgan fingerprint density at radius 1 is 1.14 bits per heavy atom. The first-order chi connectivity index (χ1) is 16.8. The van der Waals surface area contributed by atoms with Crippen LogP contribution in [0, 0.1) is 5.92 Å². The number of fused-ring (bicyclic) bond motifs is 3. The van der Waals surface area contributed by atoms with Gasteiger partial charge in [0.15, 0.2) is 0 Å². The Kier molecular flexibility index (Phi) is 6.69. The molecule has 0 aromatic heterocycles. The molecule has 192 valence electrons. The predicted octanol–water partition coefficient (Wildman–Crippen LogP) is 0.318. The third-order valence-electron chi connectivity index (χ3n) is 8.35. The van der Waals surface area contributed by atoms with Gasteiger partial charge in [-0.05, 0) is 49.1 Å². The lowest BCUT2D eigenvalue weighted by atomic mass is 9.46. The molecule has 2 atom stereocenters. The van der Waals surface area contributed by atoms with Crippen LogP contribution >= 0.6 is 0 Å². The van der Waals surface area contributed by atoms with Crippen molar-refractivity contribution in [3.63, 3.8) is 0 Å². The number of carbonyl (C=O) groups is 2. The molecular weight excluding hydrogens is 453 g/mol. The van der Waals surface area contributed by atoms with Crippen LogP contribution in [0.5, 0.6) is 11.5 Å². The van der Waals surface area contributed by atoms with Crippen LogP contribution in [0.1, 0.15) is 66.8 Å². The Bertz CT molecular complexity index is 976. The van der Waals surface area contributed by atoms with E-state index in [4.69, 9.17) is 9.39 Å². The van der Waals surface area contributed by atoms with Gasteiger partial charge in [-0.15, -0.1) is 0 Å². The summed E-state index contributed by atoms with van der Waals surface area (Å²) in [5, 5.41) is 34.1. The molecule has 1 saturated heterocycles. The summed E-state index contributed by atoms with van der Waals surface area (Å²) in [7, 11) is 0. The smallest absolute Gasteiger partial charge is 0.434 e. The summed E-state index contributed by atoms with van der Waals surface area (Å²) in [5.41, 5.74) is 4.36. The second-order valence-corrected chi connectivity index (χ2v) is 10.7. The summed E-state index contributed by atoms with van der Waals surface area (Å²) in [5.74, 6) is -1.11. The van der Waals surface area contributed by atoms with Gasteiger partial charge in [0, 0.05) is 19.0 Å². The SMILES string of the molecule is [NH3+]CCNC1CCC(CC(=O)N2CC(Oc3ccc4c(c3C(=O)O)O[B-](O)(O)[C@@H]3CC[C@H]43)C2)CC1. The molecule has 1 amide bonds. The fourth-order valence-corrected chi connectivity index (χ4v) is 6.14. The Morgan fingerprint density at radius 2 is 1.89 bits per heavy atom. The molecule has 2 saturated carbocycles. The van der Waals surface area contributed by atoms with E-state index in [1.165, 1.54) is 0 Å². The number of nitrogens with one attached hydrogen (secondary N) is 1. The van der Waals surface area contributed by atoms with Crippen molar-refractivity contribution in [2.75, 3.05) is 26.2 Å². The van der Waals surface area contributed by atoms with Crippen molar-refractivity contribution in [2.24, 2.45) is 5.92 Å². The highest BCUT2D eigenvalue weighted by Gasteiger charge is 2.50. The van der Waals surface area contributed by atoms with Crippen LogP contribution in [0.25, 0.3) is 0 Å². The van der Waals surface area contributed by atoms with E-state index in [0.717, 1.165) is 45.2 Å². The van der Waals surface area contributed by atoms with Crippen molar-refractivity contribution < 1.29 is 39.9 Å². The van der Waals surface area contributed by atoms with Crippen LogP contribution in [-0.2, 0) is 4.79 Å². The molecule has 11 heteroatoms. The van der Waals surface area contributed by atoms with Gasteiger partial charge in [0.25, 0.3) is 0 Å². The first-order valence-corrected chi connectivity index (χ1v) is 12.9. The summed E-state index contributed by atoms with van der Waals surface area (Å²) in [6.07, 6.45) is 5.91. The number of quaternary nitrogens is 1. The van der Waals surface area contributed by atoms with Crippen LogP contribution in [0.2, 0.25) is 5.82 Å². The molecule has 2 aliphatic carbocycles. The molecule has 0 spiro atoms. The Balaban J connectivity index is 1.16. The van der Waals surface area contributed by atoms with E-state index in [1.54, 1.807) is 17.0 Å². The lowest BCUT2D eigenvalue weighted by Gasteiger charge is -2.54.